The number of nitrogens with one attached hydrogen (secondary N) is 2. The molecule has 0 radical (unpaired) electrons. The molecule has 116 valence electrons. The third-order valence-corrected chi connectivity index (χ3v) is 3.22. The van der Waals surface area contributed by atoms with Crippen molar-refractivity contribution >= 4 is 29.2 Å². The Kier molecular flexibility index (Phi) is 6.65. The summed E-state index contributed by atoms with van der Waals surface area (Å²) < 4.78 is 0. The van der Waals surface area contributed by atoms with E-state index in [1.807, 2.05) is 26.8 Å². The summed E-state index contributed by atoms with van der Waals surface area (Å²) in [5.74, 6) is -1.01. The Balaban J connectivity index is 2.57. The highest BCUT2D eigenvalue weighted by Gasteiger charge is 2.19. The van der Waals surface area contributed by atoms with Crippen LogP contribution < -0.4 is 10.6 Å². The van der Waals surface area contributed by atoms with Gasteiger partial charge in [0.15, 0.2) is 0 Å². The standard InChI is InChI=1S/C15H21ClN2O3/c1-9(2)6-13(15(20)21)17-8-14(19)18-12-7-11(16)5-4-10(12)3/h4-5,7,9,13,17H,6,8H2,1-3H3,(H,18,19)(H,20,21). The molecule has 0 aliphatic heterocycles. The molecule has 6 heteroatoms. The lowest BCUT2D eigenvalue weighted by Crippen LogP contribution is -2.42. The first-order valence-corrected chi connectivity index (χ1v) is 7.19. The fraction of sp³-hybridized carbons (Fsp3) is 0.467. The van der Waals surface area contributed by atoms with Gasteiger partial charge in [0.2, 0.25) is 5.91 Å². The molecular weight excluding hydrogens is 292 g/mol. The summed E-state index contributed by atoms with van der Waals surface area (Å²) in [6.07, 6.45) is 0.471. The van der Waals surface area contributed by atoms with Gasteiger partial charge in [-0.25, -0.2) is 0 Å². The van der Waals surface area contributed by atoms with Crippen LogP contribution in [0, 0.1) is 12.8 Å². The van der Waals surface area contributed by atoms with Crippen LogP contribution in [-0.4, -0.2) is 29.6 Å². The predicted molar refractivity (Wildman–Crippen MR) is 83.7 cm³/mol. The minimum atomic E-state index is -0.949. The summed E-state index contributed by atoms with van der Waals surface area (Å²) in [6, 6.07) is 4.49. The molecule has 0 saturated heterocycles. The Morgan fingerprint density at radius 3 is 2.57 bits per heavy atom. The lowest BCUT2D eigenvalue weighted by molar-refractivity contribution is -0.139. The summed E-state index contributed by atoms with van der Waals surface area (Å²) >= 11 is 5.88. The fourth-order valence-corrected chi connectivity index (χ4v) is 2.05. The number of anilines is 1. The van der Waals surface area contributed by atoms with Crippen LogP contribution >= 0.6 is 11.6 Å². The van der Waals surface area contributed by atoms with Gasteiger partial charge in [-0.3, -0.25) is 14.9 Å². The van der Waals surface area contributed by atoms with Gasteiger partial charge in [-0.15, -0.1) is 0 Å². The Hall–Kier alpha value is -1.59. The number of aliphatic carboxylic acids is 1. The van der Waals surface area contributed by atoms with Crippen LogP contribution in [0.3, 0.4) is 0 Å². The molecule has 1 aromatic rings. The van der Waals surface area contributed by atoms with E-state index >= 15 is 0 Å². The largest absolute Gasteiger partial charge is 0.480 e. The first kappa shape index (κ1) is 17.5. The molecule has 1 amide bonds. The molecule has 0 aliphatic carbocycles. The lowest BCUT2D eigenvalue weighted by Gasteiger charge is -2.16. The van der Waals surface area contributed by atoms with E-state index in [-0.39, 0.29) is 18.4 Å². The molecular formula is C15H21ClN2O3. The van der Waals surface area contributed by atoms with E-state index in [0.717, 1.165) is 5.56 Å². The van der Waals surface area contributed by atoms with Gasteiger partial charge < -0.3 is 10.4 Å². The normalized spacial score (nSPS) is 12.2. The third-order valence-electron chi connectivity index (χ3n) is 2.99. The first-order chi connectivity index (χ1) is 9.79. The summed E-state index contributed by atoms with van der Waals surface area (Å²) in [7, 11) is 0. The van der Waals surface area contributed by atoms with E-state index in [2.05, 4.69) is 10.6 Å². The molecule has 0 bridgehead atoms. The van der Waals surface area contributed by atoms with Crippen molar-refractivity contribution in [1.82, 2.24) is 5.32 Å². The number of carboxylic acid groups (broad SMARTS) is 1. The van der Waals surface area contributed by atoms with Crippen molar-refractivity contribution in [2.75, 3.05) is 11.9 Å². The maximum atomic E-state index is 11.9. The van der Waals surface area contributed by atoms with Gasteiger partial charge in [-0.2, -0.15) is 0 Å². The van der Waals surface area contributed by atoms with Gasteiger partial charge in [-0.1, -0.05) is 31.5 Å². The number of hydrogen-bond acceptors (Lipinski definition) is 3. The second-order valence-electron chi connectivity index (χ2n) is 5.41. The first-order valence-electron chi connectivity index (χ1n) is 6.81. The van der Waals surface area contributed by atoms with E-state index in [4.69, 9.17) is 16.7 Å². The Morgan fingerprint density at radius 2 is 2.00 bits per heavy atom. The van der Waals surface area contributed by atoms with Crippen molar-refractivity contribution < 1.29 is 14.7 Å². The maximum Gasteiger partial charge on any atom is 0.320 e. The average Bonchev–Trinajstić information content (AvgIpc) is 2.38. The van der Waals surface area contributed by atoms with Crippen molar-refractivity contribution in [3.8, 4) is 0 Å². The summed E-state index contributed by atoms with van der Waals surface area (Å²) in [5, 5.41) is 15.1. The highest BCUT2D eigenvalue weighted by atomic mass is 35.5. The molecule has 21 heavy (non-hydrogen) atoms. The fourth-order valence-electron chi connectivity index (χ4n) is 1.88. The lowest BCUT2D eigenvalue weighted by atomic mass is 10.0. The third kappa shape index (κ3) is 6.14. The van der Waals surface area contributed by atoms with Gasteiger partial charge in [0, 0.05) is 10.7 Å². The van der Waals surface area contributed by atoms with Gasteiger partial charge in [-0.05, 0) is 37.0 Å². The molecule has 1 rings (SSSR count). The number of hydrogen-bond donors (Lipinski definition) is 3. The monoisotopic (exact) mass is 312 g/mol. The van der Waals surface area contributed by atoms with E-state index < -0.39 is 12.0 Å². The van der Waals surface area contributed by atoms with Crippen LogP contribution in [0.1, 0.15) is 25.8 Å². The average molecular weight is 313 g/mol. The Bertz CT molecular complexity index is 518. The predicted octanol–water partition coefficient (Wildman–Crippen LogP) is 2.68. The number of rotatable bonds is 7. The van der Waals surface area contributed by atoms with E-state index in [1.165, 1.54) is 0 Å². The van der Waals surface area contributed by atoms with E-state index in [9.17, 15) is 9.59 Å². The minimum Gasteiger partial charge on any atom is -0.480 e. The van der Waals surface area contributed by atoms with Crippen LogP contribution in [0.4, 0.5) is 5.69 Å². The number of carbonyl (C=O) groups excluding carboxylic acids is 1. The topological polar surface area (TPSA) is 78.4 Å². The molecule has 5 nitrogen and oxygen atoms in total. The molecule has 3 N–H and O–H groups in total. The smallest absolute Gasteiger partial charge is 0.320 e. The van der Waals surface area contributed by atoms with Crippen molar-refractivity contribution in [1.29, 1.82) is 0 Å². The highest BCUT2D eigenvalue weighted by Crippen LogP contribution is 2.19. The molecule has 0 fully saturated rings. The molecule has 0 saturated carbocycles. The zero-order valence-corrected chi connectivity index (χ0v) is 13.2. The van der Waals surface area contributed by atoms with Gasteiger partial charge >= 0.3 is 5.97 Å². The number of carboxylic acids is 1. The number of aryl methyl sites for hydroxylation is 1. The van der Waals surface area contributed by atoms with Crippen LogP contribution in [0.5, 0.6) is 0 Å². The quantitative estimate of drug-likeness (QED) is 0.723. The van der Waals surface area contributed by atoms with Crippen LogP contribution in [0.2, 0.25) is 5.02 Å². The molecule has 1 atom stereocenters. The summed E-state index contributed by atoms with van der Waals surface area (Å²) in [5.41, 5.74) is 1.52. The Labute approximate surface area is 129 Å². The molecule has 0 aromatic heterocycles. The van der Waals surface area contributed by atoms with Crippen molar-refractivity contribution in [3.63, 3.8) is 0 Å². The van der Waals surface area contributed by atoms with Crippen LogP contribution in [0.15, 0.2) is 18.2 Å². The minimum absolute atomic E-state index is 0.0599. The Morgan fingerprint density at radius 1 is 1.33 bits per heavy atom. The SMILES string of the molecule is Cc1ccc(Cl)cc1NC(=O)CNC(CC(C)C)C(=O)O. The van der Waals surface area contributed by atoms with Crippen LogP contribution in [-0.2, 0) is 9.59 Å². The molecule has 0 heterocycles. The van der Waals surface area contributed by atoms with Crippen molar-refractivity contribution in [2.24, 2.45) is 5.92 Å². The van der Waals surface area contributed by atoms with Gasteiger partial charge in [0.1, 0.15) is 6.04 Å². The van der Waals surface area contributed by atoms with Crippen molar-refractivity contribution in [3.05, 3.63) is 28.8 Å². The number of carbonyl (C=O) groups is 2. The summed E-state index contributed by atoms with van der Waals surface area (Å²) in [4.78, 5) is 23.0. The summed E-state index contributed by atoms with van der Waals surface area (Å²) in [6.45, 7) is 5.67. The highest BCUT2D eigenvalue weighted by molar-refractivity contribution is 6.31. The maximum absolute atomic E-state index is 11.9. The second-order valence-corrected chi connectivity index (χ2v) is 5.85. The van der Waals surface area contributed by atoms with E-state index in [1.54, 1.807) is 12.1 Å². The number of amides is 1. The van der Waals surface area contributed by atoms with Crippen LogP contribution in [0.25, 0.3) is 0 Å². The second kappa shape index (κ2) is 8.00. The molecule has 0 aliphatic rings. The molecule has 1 unspecified atom stereocenters. The van der Waals surface area contributed by atoms with Gasteiger partial charge in [0.05, 0.1) is 6.54 Å². The molecule has 0 spiro atoms. The molecule has 1 aromatic carbocycles. The van der Waals surface area contributed by atoms with E-state index in [0.29, 0.717) is 17.1 Å². The zero-order chi connectivity index (χ0) is 16.0. The zero-order valence-electron chi connectivity index (χ0n) is 12.4. The van der Waals surface area contributed by atoms with Crippen molar-refractivity contribution in [2.45, 2.75) is 33.2 Å². The number of benzene rings is 1. The van der Waals surface area contributed by atoms with Gasteiger partial charge in [0.25, 0.3) is 0 Å². The number of halogens is 1.